The van der Waals surface area contributed by atoms with E-state index in [0.29, 0.717) is 5.82 Å². The molecule has 7 nitrogen and oxygen atoms in total. The molecule has 0 atom stereocenters. The first-order valence-electron chi connectivity index (χ1n) is 4.55. The van der Waals surface area contributed by atoms with Crippen LogP contribution in [0.3, 0.4) is 0 Å². The number of pyridine rings is 1. The van der Waals surface area contributed by atoms with Gasteiger partial charge in [-0.25, -0.2) is 19.3 Å². The van der Waals surface area contributed by atoms with Crippen molar-refractivity contribution in [2.45, 2.75) is 0 Å². The van der Waals surface area contributed by atoms with E-state index in [9.17, 15) is 9.59 Å². The minimum absolute atomic E-state index is 0.0362. The quantitative estimate of drug-likeness (QED) is 0.806. The van der Waals surface area contributed by atoms with Crippen LogP contribution < -0.4 is 0 Å². The van der Waals surface area contributed by atoms with Gasteiger partial charge in [0, 0.05) is 12.4 Å². The molecule has 0 radical (unpaired) electrons. The van der Waals surface area contributed by atoms with Crippen LogP contribution in [0.5, 0.6) is 0 Å². The third-order valence-electron chi connectivity index (χ3n) is 2.06. The maximum atomic E-state index is 10.6. The highest BCUT2D eigenvalue weighted by molar-refractivity contribution is 5.87. The predicted molar refractivity (Wildman–Crippen MR) is 55.3 cm³/mol. The van der Waals surface area contributed by atoms with Gasteiger partial charge in [0.15, 0.2) is 5.82 Å². The zero-order valence-electron chi connectivity index (χ0n) is 8.44. The summed E-state index contributed by atoms with van der Waals surface area (Å²) in [5.74, 6) is -1.81. The monoisotopic (exact) mass is 233 g/mol. The highest BCUT2D eigenvalue weighted by Gasteiger charge is 2.08. The highest BCUT2D eigenvalue weighted by atomic mass is 16.4. The van der Waals surface area contributed by atoms with Gasteiger partial charge in [0.25, 0.3) is 0 Å². The Morgan fingerprint density at radius 1 is 1.06 bits per heavy atom. The van der Waals surface area contributed by atoms with Gasteiger partial charge in [0.2, 0.25) is 0 Å². The number of aromatic nitrogens is 3. The van der Waals surface area contributed by atoms with E-state index in [1.807, 2.05) is 0 Å². The molecule has 0 saturated heterocycles. The van der Waals surface area contributed by atoms with Crippen LogP contribution in [0.15, 0.2) is 30.7 Å². The summed E-state index contributed by atoms with van der Waals surface area (Å²) in [6.45, 7) is 0. The number of carbonyl (C=O) groups is 2. The summed E-state index contributed by atoms with van der Waals surface area (Å²) in [4.78, 5) is 25.1. The largest absolute Gasteiger partial charge is 0.478 e. The van der Waals surface area contributed by atoms with Crippen molar-refractivity contribution < 1.29 is 19.8 Å². The second-order valence-corrected chi connectivity index (χ2v) is 3.19. The van der Waals surface area contributed by atoms with Crippen molar-refractivity contribution in [3.05, 3.63) is 41.9 Å². The first kappa shape index (κ1) is 10.8. The van der Waals surface area contributed by atoms with Crippen LogP contribution in [0.1, 0.15) is 20.7 Å². The van der Waals surface area contributed by atoms with Crippen LogP contribution >= 0.6 is 0 Å². The molecule has 0 aliphatic carbocycles. The second kappa shape index (κ2) is 4.05. The van der Waals surface area contributed by atoms with Crippen LogP contribution in [0.25, 0.3) is 5.82 Å². The van der Waals surface area contributed by atoms with E-state index in [2.05, 4.69) is 10.1 Å². The van der Waals surface area contributed by atoms with Crippen molar-refractivity contribution in [3.8, 4) is 5.82 Å². The Kier molecular flexibility index (Phi) is 2.57. The average Bonchev–Trinajstić information content (AvgIpc) is 2.78. The molecule has 2 N–H and O–H groups in total. The first-order valence-corrected chi connectivity index (χ1v) is 4.55. The zero-order chi connectivity index (χ0) is 12.4. The summed E-state index contributed by atoms with van der Waals surface area (Å²) in [5.41, 5.74) is 0.0912. The molecule has 0 aromatic carbocycles. The molecule has 0 spiro atoms. The smallest absolute Gasteiger partial charge is 0.338 e. The van der Waals surface area contributed by atoms with Crippen molar-refractivity contribution >= 4 is 11.9 Å². The van der Waals surface area contributed by atoms with Gasteiger partial charge in [0.1, 0.15) is 0 Å². The molecule has 2 aromatic heterocycles. The summed E-state index contributed by atoms with van der Waals surface area (Å²) < 4.78 is 1.26. The molecule has 0 unspecified atom stereocenters. The zero-order valence-corrected chi connectivity index (χ0v) is 8.44. The molecule has 0 saturated carbocycles. The number of hydrogen-bond donors (Lipinski definition) is 2. The first-order chi connectivity index (χ1) is 8.08. The molecule has 0 aliphatic heterocycles. The van der Waals surface area contributed by atoms with Crippen LogP contribution in [-0.2, 0) is 0 Å². The number of rotatable bonds is 3. The minimum atomic E-state index is -1.08. The topological polar surface area (TPSA) is 105 Å². The number of aromatic carboxylic acids is 2. The molecule has 17 heavy (non-hydrogen) atoms. The fourth-order valence-electron chi connectivity index (χ4n) is 1.21. The van der Waals surface area contributed by atoms with E-state index >= 15 is 0 Å². The lowest BCUT2D eigenvalue weighted by Gasteiger charge is -1.99. The molecule has 2 aromatic rings. The van der Waals surface area contributed by atoms with Gasteiger partial charge >= 0.3 is 11.9 Å². The van der Waals surface area contributed by atoms with Gasteiger partial charge in [-0.1, -0.05) is 0 Å². The number of carboxylic acids is 2. The van der Waals surface area contributed by atoms with Crippen molar-refractivity contribution in [2.24, 2.45) is 0 Å². The lowest BCUT2D eigenvalue weighted by Crippen LogP contribution is -2.02. The summed E-state index contributed by atoms with van der Waals surface area (Å²) in [6.07, 6.45) is 3.67. The summed E-state index contributed by atoms with van der Waals surface area (Å²) >= 11 is 0. The number of carboxylic acid groups (broad SMARTS) is 2. The van der Waals surface area contributed by atoms with E-state index in [4.69, 9.17) is 10.2 Å². The third-order valence-corrected chi connectivity index (χ3v) is 2.06. The summed E-state index contributed by atoms with van der Waals surface area (Å²) in [7, 11) is 0. The van der Waals surface area contributed by atoms with E-state index < -0.39 is 11.9 Å². The molecule has 2 rings (SSSR count). The van der Waals surface area contributed by atoms with E-state index in [1.54, 1.807) is 0 Å². The van der Waals surface area contributed by atoms with Gasteiger partial charge in [-0.05, 0) is 12.1 Å². The summed E-state index contributed by atoms with van der Waals surface area (Å²) in [5, 5.41) is 21.2. The van der Waals surface area contributed by atoms with E-state index in [-0.39, 0.29) is 11.1 Å². The van der Waals surface area contributed by atoms with Gasteiger partial charge in [0.05, 0.1) is 17.3 Å². The Bertz CT molecular complexity index is 573. The lowest BCUT2D eigenvalue weighted by atomic mass is 10.3. The van der Waals surface area contributed by atoms with Gasteiger partial charge in [-0.3, -0.25) is 0 Å². The fraction of sp³-hybridized carbons (Fsp3) is 0. The highest BCUT2D eigenvalue weighted by Crippen LogP contribution is 2.07. The van der Waals surface area contributed by atoms with Gasteiger partial charge < -0.3 is 10.2 Å². The predicted octanol–water partition coefficient (Wildman–Crippen LogP) is 0.664. The molecule has 0 fully saturated rings. The molecule has 2 heterocycles. The Morgan fingerprint density at radius 2 is 1.76 bits per heavy atom. The van der Waals surface area contributed by atoms with Crippen LogP contribution in [0, 0.1) is 0 Å². The number of hydrogen-bond acceptors (Lipinski definition) is 4. The van der Waals surface area contributed by atoms with Crippen molar-refractivity contribution in [1.82, 2.24) is 14.8 Å². The van der Waals surface area contributed by atoms with E-state index in [1.165, 1.54) is 35.4 Å². The normalized spacial score (nSPS) is 10.1. The Labute approximate surface area is 95.0 Å². The third kappa shape index (κ3) is 2.12. The Morgan fingerprint density at radius 3 is 2.24 bits per heavy atom. The van der Waals surface area contributed by atoms with Crippen molar-refractivity contribution in [2.75, 3.05) is 0 Å². The Hall–Kier alpha value is -2.70. The van der Waals surface area contributed by atoms with Crippen LogP contribution in [0.4, 0.5) is 0 Å². The number of nitrogens with zero attached hydrogens (tertiary/aromatic N) is 3. The molecule has 0 bridgehead atoms. The lowest BCUT2D eigenvalue weighted by molar-refractivity contribution is 0.0686. The summed E-state index contributed by atoms with van der Waals surface area (Å²) in [6, 6.07) is 2.81. The average molecular weight is 233 g/mol. The molecule has 0 aliphatic rings. The fourth-order valence-corrected chi connectivity index (χ4v) is 1.21. The second-order valence-electron chi connectivity index (χ2n) is 3.19. The SMILES string of the molecule is O=C(O)c1ccc(-n2cc(C(=O)O)cn2)nc1. The standard InChI is InChI=1S/C10H7N3O4/c14-9(15)6-1-2-8(11-3-6)13-5-7(4-12-13)10(16)17/h1-5H,(H,14,15)(H,16,17). The Balaban J connectivity index is 2.33. The minimum Gasteiger partial charge on any atom is -0.478 e. The molecule has 7 heteroatoms. The van der Waals surface area contributed by atoms with Gasteiger partial charge in [-0.2, -0.15) is 5.10 Å². The molecular weight excluding hydrogens is 226 g/mol. The van der Waals surface area contributed by atoms with Crippen LogP contribution in [-0.4, -0.2) is 36.9 Å². The maximum absolute atomic E-state index is 10.6. The maximum Gasteiger partial charge on any atom is 0.338 e. The van der Waals surface area contributed by atoms with Gasteiger partial charge in [-0.15, -0.1) is 0 Å². The molecule has 86 valence electrons. The van der Waals surface area contributed by atoms with Crippen molar-refractivity contribution in [3.63, 3.8) is 0 Å². The van der Waals surface area contributed by atoms with Crippen molar-refractivity contribution in [1.29, 1.82) is 0 Å². The van der Waals surface area contributed by atoms with Crippen LogP contribution in [0.2, 0.25) is 0 Å². The molecule has 0 amide bonds. The van der Waals surface area contributed by atoms with E-state index in [0.717, 1.165) is 0 Å². The molecular formula is C10H7N3O4.